The van der Waals surface area contributed by atoms with Crippen LogP contribution in [0.15, 0.2) is 66.1 Å². The lowest BCUT2D eigenvalue weighted by molar-refractivity contribution is -0.119. The van der Waals surface area contributed by atoms with E-state index in [1.807, 2.05) is 61.5 Å². The van der Waals surface area contributed by atoms with Crippen molar-refractivity contribution in [2.45, 2.75) is 18.1 Å². The molecule has 0 radical (unpaired) electrons. The normalized spacial score (nSPS) is 11.8. The van der Waals surface area contributed by atoms with Crippen molar-refractivity contribution in [3.8, 4) is 11.4 Å². The van der Waals surface area contributed by atoms with E-state index in [-0.39, 0.29) is 17.7 Å². The van der Waals surface area contributed by atoms with Gasteiger partial charge < -0.3 is 10.1 Å². The summed E-state index contributed by atoms with van der Waals surface area (Å²) < 4.78 is 7.04. The Morgan fingerprint density at radius 1 is 1.19 bits per heavy atom. The van der Waals surface area contributed by atoms with E-state index in [0.717, 1.165) is 17.0 Å². The van der Waals surface area contributed by atoms with Gasteiger partial charge in [0.2, 0.25) is 11.1 Å². The lowest BCUT2D eigenvalue weighted by atomic mass is 10.1. The number of thioether (sulfide) groups is 1. The molecular formula is C19H20N4O2S. The van der Waals surface area contributed by atoms with Crippen LogP contribution < -0.4 is 10.1 Å². The zero-order valence-corrected chi connectivity index (χ0v) is 15.4. The molecule has 1 N–H and O–H groups in total. The van der Waals surface area contributed by atoms with Gasteiger partial charge in [-0.1, -0.05) is 48.2 Å². The van der Waals surface area contributed by atoms with Crippen molar-refractivity contribution >= 4 is 17.7 Å². The highest BCUT2D eigenvalue weighted by Crippen LogP contribution is 2.24. The summed E-state index contributed by atoms with van der Waals surface area (Å²) >= 11 is 1.30. The Balaban J connectivity index is 1.55. The molecule has 2 aromatic carbocycles. The second-order valence-electron chi connectivity index (χ2n) is 5.63. The molecule has 26 heavy (non-hydrogen) atoms. The number of aromatic nitrogens is 3. The molecule has 0 spiro atoms. The number of methoxy groups -OCH3 is 1. The van der Waals surface area contributed by atoms with Crippen LogP contribution in [0.4, 0.5) is 0 Å². The summed E-state index contributed by atoms with van der Waals surface area (Å²) in [4.78, 5) is 16.5. The molecule has 1 unspecified atom stereocenters. The summed E-state index contributed by atoms with van der Waals surface area (Å²) in [7, 11) is 1.62. The van der Waals surface area contributed by atoms with Crippen LogP contribution in [-0.4, -0.2) is 33.5 Å². The van der Waals surface area contributed by atoms with E-state index in [1.165, 1.54) is 11.8 Å². The zero-order chi connectivity index (χ0) is 18.4. The van der Waals surface area contributed by atoms with Crippen LogP contribution in [0, 0.1) is 0 Å². The molecule has 6 nitrogen and oxygen atoms in total. The van der Waals surface area contributed by atoms with Gasteiger partial charge in [-0.25, -0.2) is 9.67 Å². The van der Waals surface area contributed by atoms with E-state index < -0.39 is 0 Å². The first-order chi connectivity index (χ1) is 12.7. The molecule has 7 heteroatoms. The second kappa shape index (κ2) is 8.53. The van der Waals surface area contributed by atoms with Crippen LogP contribution in [0.2, 0.25) is 0 Å². The number of carbonyl (C=O) groups excluding carboxylic acids is 1. The summed E-state index contributed by atoms with van der Waals surface area (Å²) in [6.07, 6.45) is 1.65. The highest BCUT2D eigenvalue weighted by Gasteiger charge is 2.14. The van der Waals surface area contributed by atoms with Crippen LogP contribution in [-0.2, 0) is 4.79 Å². The number of rotatable bonds is 7. The number of para-hydroxylation sites is 2. The van der Waals surface area contributed by atoms with Gasteiger partial charge in [0.15, 0.2) is 0 Å². The lowest BCUT2D eigenvalue weighted by Gasteiger charge is -2.16. The van der Waals surface area contributed by atoms with Crippen molar-refractivity contribution in [2.75, 3.05) is 12.9 Å². The highest BCUT2D eigenvalue weighted by atomic mass is 32.2. The topological polar surface area (TPSA) is 69.0 Å². The minimum atomic E-state index is -0.144. The number of hydrogen-bond acceptors (Lipinski definition) is 5. The van der Waals surface area contributed by atoms with Crippen LogP contribution in [0.25, 0.3) is 5.69 Å². The van der Waals surface area contributed by atoms with Gasteiger partial charge in [-0.05, 0) is 25.1 Å². The second-order valence-corrected chi connectivity index (χ2v) is 6.57. The van der Waals surface area contributed by atoms with Crippen molar-refractivity contribution in [3.05, 3.63) is 66.5 Å². The third kappa shape index (κ3) is 4.43. The Hall–Kier alpha value is -2.80. The predicted molar refractivity (Wildman–Crippen MR) is 102 cm³/mol. The summed E-state index contributed by atoms with van der Waals surface area (Å²) in [5, 5.41) is 7.93. The SMILES string of the molecule is COc1ccccc1C(C)NC(=O)CSc1ncn(-c2ccccc2)n1. The van der Waals surface area contributed by atoms with Gasteiger partial charge in [0.05, 0.1) is 24.6 Å². The number of nitrogens with one attached hydrogen (secondary N) is 1. The first kappa shape index (κ1) is 18.0. The van der Waals surface area contributed by atoms with Crippen LogP contribution >= 0.6 is 11.8 Å². The molecule has 0 fully saturated rings. The molecule has 0 aliphatic heterocycles. The highest BCUT2D eigenvalue weighted by molar-refractivity contribution is 7.99. The Kier molecular flexibility index (Phi) is 5.91. The Morgan fingerprint density at radius 2 is 1.92 bits per heavy atom. The fraction of sp³-hybridized carbons (Fsp3) is 0.211. The monoisotopic (exact) mass is 368 g/mol. The Morgan fingerprint density at radius 3 is 2.69 bits per heavy atom. The maximum absolute atomic E-state index is 12.2. The van der Waals surface area contributed by atoms with Crippen LogP contribution in [0.3, 0.4) is 0 Å². The minimum absolute atomic E-state index is 0.0792. The number of amides is 1. The van der Waals surface area contributed by atoms with Gasteiger partial charge in [0, 0.05) is 5.56 Å². The average molecular weight is 368 g/mol. The molecule has 0 aliphatic rings. The standard InChI is InChI=1S/C19H20N4O2S/c1-14(16-10-6-7-11-17(16)25-2)21-18(24)12-26-19-20-13-23(22-19)15-8-4-3-5-9-15/h3-11,13-14H,12H2,1-2H3,(H,21,24). The van der Waals surface area contributed by atoms with E-state index in [4.69, 9.17) is 4.74 Å². The van der Waals surface area contributed by atoms with E-state index in [1.54, 1.807) is 18.1 Å². The third-order valence-electron chi connectivity index (χ3n) is 3.81. The smallest absolute Gasteiger partial charge is 0.230 e. The maximum Gasteiger partial charge on any atom is 0.230 e. The molecule has 0 saturated carbocycles. The zero-order valence-electron chi connectivity index (χ0n) is 14.6. The van der Waals surface area contributed by atoms with Crippen LogP contribution in [0.5, 0.6) is 5.75 Å². The summed E-state index contributed by atoms with van der Waals surface area (Å²) in [5.74, 6) is 0.930. The van der Waals surface area contributed by atoms with E-state index in [2.05, 4.69) is 15.4 Å². The molecular weight excluding hydrogens is 348 g/mol. The fourth-order valence-electron chi connectivity index (χ4n) is 2.53. The summed E-state index contributed by atoms with van der Waals surface area (Å²) in [6.45, 7) is 1.93. The van der Waals surface area contributed by atoms with E-state index in [9.17, 15) is 4.79 Å². The Labute approximate surface area is 156 Å². The van der Waals surface area contributed by atoms with Crippen molar-refractivity contribution in [1.82, 2.24) is 20.1 Å². The van der Waals surface area contributed by atoms with E-state index in [0.29, 0.717) is 5.16 Å². The molecule has 0 bridgehead atoms. The molecule has 1 atom stereocenters. The van der Waals surface area contributed by atoms with Crippen molar-refractivity contribution in [1.29, 1.82) is 0 Å². The fourth-order valence-corrected chi connectivity index (χ4v) is 3.15. The lowest BCUT2D eigenvalue weighted by Crippen LogP contribution is -2.28. The molecule has 3 aromatic rings. The number of benzene rings is 2. The summed E-state index contributed by atoms with van der Waals surface area (Å²) in [5.41, 5.74) is 1.88. The van der Waals surface area contributed by atoms with Gasteiger partial charge in [0.1, 0.15) is 12.1 Å². The molecule has 134 valence electrons. The quantitative estimate of drug-likeness (QED) is 0.649. The van der Waals surface area contributed by atoms with Crippen molar-refractivity contribution in [2.24, 2.45) is 0 Å². The molecule has 0 aliphatic carbocycles. The number of carbonyl (C=O) groups is 1. The van der Waals surface area contributed by atoms with Crippen molar-refractivity contribution in [3.63, 3.8) is 0 Å². The molecule has 0 saturated heterocycles. The van der Waals surface area contributed by atoms with Gasteiger partial charge in [0.25, 0.3) is 0 Å². The first-order valence-corrected chi connectivity index (χ1v) is 9.18. The van der Waals surface area contributed by atoms with Gasteiger partial charge in [-0.15, -0.1) is 5.10 Å². The number of hydrogen-bond donors (Lipinski definition) is 1. The average Bonchev–Trinajstić information content (AvgIpc) is 3.16. The predicted octanol–water partition coefficient (Wildman–Crippen LogP) is 3.25. The van der Waals surface area contributed by atoms with Gasteiger partial charge in [-0.2, -0.15) is 0 Å². The molecule has 1 aromatic heterocycles. The van der Waals surface area contributed by atoms with Gasteiger partial charge >= 0.3 is 0 Å². The molecule has 3 rings (SSSR count). The van der Waals surface area contributed by atoms with E-state index >= 15 is 0 Å². The van der Waals surface area contributed by atoms with Crippen molar-refractivity contribution < 1.29 is 9.53 Å². The van der Waals surface area contributed by atoms with Crippen LogP contribution in [0.1, 0.15) is 18.5 Å². The summed E-state index contributed by atoms with van der Waals surface area (Å²) in [6, 6.07) is 17.2. The first-order valence-electron chi connectivity index (χ1n) is 8.19. The molecule has 1 heterocycles. The Bertz CT molecular complexity index is 867. The third-order valence-corrected chi connectivity index (χ3v) is 4.66. The maximum atomic E-state index is 12.2. The number of ether oxygens (including phenoxy) is 1. The number of nitrogens with zero attached hydrogens (tertiary/aromatic N) is 3. The minimum Gasteiger partial charge on any atom is -0.496 e. The largest absolute Gasteiger partial charge is 0.496 e. The molecule has 1 amide bonds. The van der Waals surface area contributed by atoms with Gasteiger partial charge in [-0.3, -0.25) is 4.79 Å².